The van der Waals surface area contributed by atoms with Crippen LogP contribution in [0, 0.1) is 0 Å². The van der Waals surface area contributed by atoms with Gasteiger partial charge in [0.25, 0.3) is 10.2 Å². The minimum atomic E-state index is -3.68. The van der Waals surface area contributed by atoms with Crippen LogP contribution in [0.5, 0.6) is 0 Å². The Morgan fingerprint density at radius 1 is 1.24 bits per heavy atom. The average Bonchev–Trinajstić information content (AvgIpc) is 2.54. The van der Waals surface area contributed by atoms with E-state index in [4.69, 9.17) is 10.2 Å². The zero-order valence-electron chi connectivity index (χ0n) is 9.50. The summed E-state index contributed by atoms with van der Waals surface area (Å²) in [5, 5.41) is 17.4. The SMILES string of the molecule is O=C(O)C(O)CNS(=O)(=O)N1CCCCCC1. The van der Waals surface area contributed by atoms with Crippen molar-refractivity contribution < 1.29 is 23.4 Å². The van der Waals surface area contributed by atoms with Crippen molar-refractivity contribution in [1.82, 2.24) is 9.03 Å². The van der Waals surface area contributed by atoms with E-state index in [9.17, 15) is 13.2 Å². The molecule has 0 aromatic heterocycles. The van der Waals surface area contributed by atoms with Crippen molar-refractivity contribution in [3.05, 3.63) is 0 Å². The van der Waals surface area contributed by atoms with Crippen LogP contribution in [0.3, 0.4) is 0 Å². The van der Waals surface area contributed by atoms with E-state index in [2.05, 4.69) is 4.72 Å². The van der Waals surface area contributed by atoms with E-state index in [0.717, 1.165) is 25.7 Å². The molecule has 1 saturated heterocycles. The molecule has 0 radical (unpaired) electrons. The third kappa shape index (κ3) is 4.58. The first-order valence-electron chi connectivity index (χ1n) is 5.59. The van der Waals surface area contributed by atoms with Gasteiger partial charge in [-0.1, -0.05) is 12.8 Å². The Bertz CT molecular complexity index is 348. The largest absolute Gasteiger partial charge is 0.479 e. The van der Waals surface area contributed by atoms with Gasteiger partial charge in [-0.3, -0.25) is 0 Å². The molecule has 0 spiro atoms. The fourth-order valence-corrected chi connectivity index (χ4v) is 2.93. The standard InChI is InChI=1S/C9H18N2O5S/c12-8(9(13)14)7-10-17(15,16)11-5-3-1-2-4-6-11/h8,10,12H,1-7H2,(H,13,14). The van der Waals surface area contributed by atoms with Crippen molar-refractivity contribution in [2.45, 2.75) is 31.8 Å². The lowest BCUT2D eigenvalue weighted by atomic mass is 10.2. The van der Waals surface area contributed by atoms with Gasteiger partial charge in [0, 0.05) is 19.6 Å². The normalized spacial score (nSPS) is 20.8. The smallest absolute Gasteiger partial charge is 0.333 e. The summed E-state index contributed by atoms with van der Waals surface area (Å²) in [6, 6.07) is 0. The number of carboxylic acids is 1. The zero-order chi connectivity index (χ0) is 12.9. The third-order valence-electron chi connectivity index (χ3n) is 2.65. The van der Waals surface area contributed by atoms with Crippen LogP contribution in [-0.2, 0) is 15.0 Å². The minimum absolute atomic E-state index is 0.443. The van der Waals surface area contributed by atoms with Crippen LogP contribution in [0.25, 0.3) is 0 Å². The fraction of sp³-hybridized carbons (Fsp3) is 0.889. The van der Waals surface area contributed by atoms with Gasteiger partial charge < -0.3 is 10.2 Å². The van der Waals surface area contributed by atoms with Crippen LogP contribution in [0.2, 0.25) is 0 Å². The summed E-state index contributed by atoms with van der Waals surface area (Å²) in [5.41, 5.74) is 0. The van der Waals surface area contributed by atoms with Gasteiger partial charge in [0.2, 0.25) is 0 Å². The number of hydrogen-bond acceptors (Lipinski definition) is 4. The maximum atomic E-state index is 11.8. The molecular weight excluding hydrogens is 248 g/mol. The summed E-state index contributed by atoms with van der Waals surface area (Å²) >= 11 is 0. The highest BCUT2D eigenvalue weighted by Gasteiger charge is 2.24. The molecule has 0 bridgehead atoms. The Morgan fingerprint density at radius 3 is 2.24 bits per heavy atom. The number of carbonyl (C=O) groups is 1. The second kappa shape index (κ2) is 6.29. The van der Waals surface area contributed by atoms with Gasteiger partial charge in [0.15, 0.2) is 6.10 Å². The van der Waals surface area contributed by atoms with E-state index >= 15 is 0 Å². The molecule has 1 unspecified atom stereocenters. The summed E-state index contributed by atoms with van der Waals surface area (Å²) in [4.78, 5) is 10.3. The fourth-order valence-electron chi connectivity index (χ4n) is 1.64. The number of aliphatic hydroxyl groups excluding tert-OH is 1. The molecule has 1 atom stereocenters. The second-order valence-electron chi connectivity index (χ2n) is 4.02. The van der Waals surface area contributed by atoms with Gasteiger partial charge in [-0.05, 0) is 12.8 Å². The predicted octanol–water partition coefficient (Wildman–Crippen LogP) is -0.858. The predicted molar refractivity (Wildman–Crippen MR) is 60.6 cm³/mol. The lowest BCUT2D eigenvalue weighted by Crippen LogP contribution is -2.45. The number of carboxylic acid groups (broad SMARTS) is 1. The van der Waals surface area contributed by atoms with Crippen molar-refractivity contribution in [2.24, 2.45) is 0 Å². The van der Waals surface area contributed by atoms with Crippen molar-refractivity contribution in [1.29, 1.82) is 0 Å². The summed E-state index contributed by atoms with van der Waals surface area (Å²) in [5.74, 6) is -1.44. The topological polar surface area (TPSA) is 107 Å². The molecule has 100 valence electrons. The minimum Gasteiger partial charge on any atom is -0.479 e. The maximum absolute atomic E-state index is 11.8. The molecule has 8 heteroatoms. The lowest BCUT2D eigenvalue weighted by Gasteiger charge is -2.20. The molecule has 1 heterocycles. The van der Waals surface area contributed by atoms with Crippen molar-refractivity contribution in [2.75, 3.05) is 19.6 Å². The highest BCUT2D eigenvalue weighted by molar-refractivity contribution is 7.87. The lowest BCUT2D eigenvalue weighted by molar-refractivity contribution is -0.146. The molecule has 0 saturated carbocycles. The molecule has 0 aliphatic carbocycles. The van der Waals surface area contributed by atoms with Crippen molar-refractivity contribution >= 4 is 16.2 Å². The Kier molecular flexibility index (Phi) is 5.31. The molecule has 3 N–H and O–H groups in total. The first-order chi connectivity index (χ1) is 7.93. The molecule has 0 aromatic rings. The monoisotopic (exact) mass is 266 g/mol. The number of aliphatic hydroxyl groups is 1. The first-order valence-corrected chi connectivity index (χ1v) is 7.03. The molecule has 1 aliphatic heterocycles. The van der Waals surface area contributed by atoms with Gasteiger partial charge in [0.05, 0.1) is 0 Å². The zero-order valence-corrected chi connectivity index (χ0v) is 10.3. The van der Waals surface area contributed by atoms with Crippen LogP contribution in [0.4, 0.5) is 0 Å². The number of nitrogens with zero attached hydrogens (tertiary/aromatic N) is 1. The van der Waals surface area contributed by atoms with Crippen molar-refractivity contribution in [3.63, 3.8) is 0 Å². The van der Waals surface area contributed by atoms with Gasteiger partial charge in [-0.2, -0.15) is 17.4 Å². The van der Waals surface area contributed by atoms with Gasteiger partial charge >= 0.3 is 5.97 Å². The summed E-state index contributed by atoms with van der Waals surface area (Å²) in [6.07, 6.45) is 1.91. The van der Waals surface area contributed by atoms with E-state index < -0.39 is 28.8 Å². The van der Waals surface area contributed by atoms with Crippen LogP contribution in [-0.4, -0.2) is 54.6 Å². The Morgan fingerprint density at radius 2 is 1.76 bits per heavy atom. The highest BCUT2D eigenvalue weighted by atomic mass is 32.2. The van der Waals surface area contributed by atoms with E-state index in [-0.39, 0.29) is 0 Å². The van der Waals surface area contributed by atoms with Gasteiger partial charge in [-0.25, -0.2) is 4.79 Å². The number of hydrogen-bond donors (Lipinski definition) is 3. The van der Waals surface area contributed by atoms with E-state index in [1.54, 1.807) is 0 Å². The molecule has 0 amide bonds. The number of nitrogens with one attached hydrogen (secondary N) is 1. The molecular formula is C9H18N2O5S. The van der Waals surface area contributed by atoms with E-state index in [1.165, 1.54) is 4.31 Å². The molecule has 1 aliphatic rings. The van der Waals surface area contributed by atoms with Crippen LogP contribution in [0.15, 0.2) is 0 Å². The van der Waals surface area contributed by atoms with E-state index in [1.807, 2.05) is 0 Å². The Balaban J connectivity index is 2.52. The second-order valence-corrected chi connectivity index (χ2v) is 5.78. The molecule has 1 rings (SSSR count). The van der Waals surface area contributed by atoms with Crippen molar-refractivity contribution in [3.8, 4) is 0 Å². The number of aliphatic carboxylic acids is 1. The van der Waals surface area contributed by atoms with Crippen LogP contribution >= 0.6 is 0 Å². The molecule has 17 heavy (non-hydrogen) atoms. The van der Waals surface area contributed by atoms with E-state index in [0.29, 0.717) is 13.1 Å². The number of rotatable bonds is 5. The first kappa shape index (κ1) is 14.4. The van der Waals surface area contributed by atoms with Crippen LogP contribution < -0.4 is 4.72 Å². The summed E-state index contributed by atoms with van der Waals surface area (Å²) < 4.78 is 27.0. The molecule has 7 nitrogen and oxygen atoms in total. The highest BCUT2D eigenvalue weighted by Crippen LogP contribution is 2.12. The third-order valence-corrected chi connectivity index (χ3v) is 4.23. The summed E-state index contributed by atoms with van der Waals surface area (Å²) in [7, 11) is -3.68. The summed E-state index contributed by atoms with van der Waals surface area (Å²) in [6.45, 7) is 0.380. The van der Waals surface area contributed by atoms with Gasteiger partial charge in [0.1, 0.15) is 0 Å². The quantitative estimate of drug-likeness (QED) is 0.600. The molecule has 0 aromatic carbocycles. The Labute approximate surface area is 101 Å². The molecule has 1 fully saturated rings. The Hall–Kier alpha value is -0.700. The van der Waals surface area contributed by atoms with Crippen LogP contribution in [0.1, 0.15) is 25.7 Å². The van der Waals surface area contributed by atoms with Gasteiger partial charge in [-0.15, -0.1) is 0 Å². The maximum Gasteiger partial charge on any atom is 0.333 e. The average molecular weight is 266 g/mol.